The number of rotatable bonds is 8. The van der Waals surface area contributed by atoms with Crippen LogP contribution in [0.2, 0.25) is 5.02 Å². The maximum Gasteiger partial charge on any atom is 0.444 e. The zero-order chi connectivity index (χ0) is 25.4. The van der Waals surface area contributed by atoms with E-state index in [9.17, 15) is 9.59 Å². The quantitative estimate of drug-likeness (QED) is 0.295. The first-order valence-corrected chi connectivity index (χ1v) is 11.8. The number of carbonyl (C=O) groups is 1. The second-order valence-corrected chi connectivity index (χ2v) is 9.69. The molecule has 2 aromatic rings. The molecule has 2 aromatic carbocycles. The summed E-state index contributed by atoms with van der Waals surface area (Å²) in [6.07, 6.45) is 0.0889. The summed E-state index contributed by atoms with van der Waals surface area (Å²) in [5, 5.41) is 1.73. The molecule has 188 valence electrons. The van der Waals surface area contributed by atoms with E-state index in [0.29, 0.717) is 0 Å². The predicted octanol–water partition coefficient (Wildman–Crippen LogP) is 4.68. The van der Waals surface area contributed by atoms with Crippen molar-refractivity contribution in [3.63, 3.8) is 0 Å². The average Bonchev–Trinajstić information content (AvgIpc) is 2.82. The van der Waals surface area contributed by atoms with Crippen LogP contribution in [0.25, 0.3) is 0 Å². The average molecular weight is 502 g/mol. The highest BCUT2D eigenvalue weighted by Gasteiger charge is 2.25. The highest BCUT2D eigenvalue weighted by molar-refractivity contribution is 6.30. The number of anilines is 1. The fraction of sp³-hybridized carbons (Fsp3) is 0.423. The Hall–Kier alpha value is -3.19. The van der Waals surface area contributed by atoms with Crippen molar-refractivity contribution >= 4 is 29.3 Å². The first-order chi connectivity index (χ1) is 16.7. The second kappa shape index (κ2) is 12.0. The van der Waals surface area contributed by atoms with Crippen molar-refractivity contribution in [3.05, 3.63) is 64.9 Å². The molecule has 0 aromatic heterocycles. The molecule has 1 fully saturated rings. The van der Waals surface area contributed by atoms with E-state index in [0.717, 1.165) is 66.1 Å². The molecule has 1 aliphatic heterocycles. The number of ether oxygens (including phenoxy) is 2. The van der Waals surface area contributed by atoms with E-state index in [2.05, 4.69) is 21.9 Å². The van der Waals surface area contributed by atoms with Crippen molar-refractivity contribution in [1.29, 1.82) is 0 Å². The molecule has 35 heavy (non-hydrogen) atoms. The summed E-state index contributed by atoms with van der Waals surface area (Å²) in [7, 11) is 1.64. The monoisotopic (exact) mass is 501 g/mol. The largest absolute Gasteiger partial charge is 0.495 e. The van der Waals surface area contributed by atoms with Crippen LogP contribution in [0.15, 0.2) is 48.7 Å². The standard InChI is InChI=1S/C26H32ClN3O5/c1-26(2,3)35-25(32)30(34-16-15-31)19-21-7-10-24(33-4)23(17-21)29-13-11-28(12-14-29)18-20-5-8-22(27)9-6-20/h5-10,16-17H,11-14,18-19H2,1-4H3. The van der Waals surface area contributed by atoms with Crippen LogP contribution in [-0.4, -0.2) is 60.9 Å². The molecule has 9 heteroatoms. The van der Waals surface area contributed by atoms with Crippen LogP contribution in [-0.2, 0) is 27.5 Å². The van der Waals surface area contributed by atoms with Gasteiger partial charge in [-0.1, -0.05) is 29.8 Å². The number of methoxy groups -OCH3 is 1. The lowest BCUT2D eigenvalue weighted by molar-refractivity contribution is -0.107. The van der Waals surface area contributed by atoms with Crippen molar-refractivity contribution in [2.75, 3.05) is 38.2 Å². The third-order valence-electron chi connectivity index (χ3n) is 5.43. The number of carbonyl (C=O) groups excluding carboxylic acids is 2. The van der Waals surface area contributed by atoms with Gasteiger partial charge in [0, 0.05) is 37.7 Å². The van der Waals surface area contributed by atoms with Gasteiger partial charge in [-0.25, -0.2) is 9.59 Å². The Morgan fingerprint density at radius 2 is 1.74 bits per heavy atom. The van der Waals surface area contributed by atoms with Crippen LogP contribution in [0.1, 0.15) is 31.9 Å². The molecule has 0 atom stereocenters. The molecular formula is C26H32ClN3O5. The van der Waals surface area contributed by atoms with Crippen LogP contribution in [0.3, 0.4) is 0 Å². The van der Waals surface area contributed by atoms with E-state index >= 15 is 0 Å². The predicted molar refractivity (Wildman–Crippen MR) is 135 cm³/mol. The summed E-state index contributed by atoms with van der Waals surface area (Å²) >= 11 is 6.00. The van der Waals surface area contributed by atoms with Gasteiger partial charge >= 0.3 is 6.09 Å². The third-order valence-corrected chi connectivity index (χ3v) is 5.68. The van der Waals surface area contributed by atoms with E-state index in [1.165, 1.54) is 11.5 Å². The number of hydrogen-bond acceptors (Lipinski definition) is 7. The molecule has 0 unspecified atom stereocenters. The molecule has 1 aliphatic rings. The molecule has 1 amide bonds. The maximum absolute atomic E-state index is 12.6. The number of hydrogen-bond donors (Lipinski definition) is 0. The highest BCUT2D eigenvalue weighted by atomic mass is 35.5. The molecule has 1 saturated heterocycles. The molecule has 3 rings (SSSR count). The van der Waals surface area contributed by atoms with Gasteiger partial charge in [0.05, 0.1) is 19.3 Å². The summed E-state index contributed by atoms with van der Waals surface area (Å²) in [5.41, 5.74) is 2.26. The van der Waals surface area contributed by atoms with Crippen LogP contribution in [0, 0.1) is 0 Å². The van der Waals surface area contributed by atoms with E-state index in [-0.39, 0.29) is 6.54 Å². The number of halogens is 1. The zero-order valence-electron chi connectivity index (χ0n) is 20.6. The fourth-order valence-corrected chi connectivity index (χ4v) is 3.91. The molecule has 0 spiro atoms. The minimum Gasteiger partial charge on any atom is -0.495 e. The minimum absolute atomic E-state index is 0.0839. The van der Waals surface area contributed by atoms with Gasteiger partial charge in [0.15, 0.2) is 5.94 Å². The fourth-order valence-electron chi connectivity index (χ4n) is 3.78. The summed E-state index contributed by atoms with van der Waals surface area (Å²) in [5.74, 6) is 2.27. The van der Waals surface area contributed by atoms with Gasteiger partial charge in [-0.05, 0) is 56.2 Å². The van der Waals surface area contributed by atoms with Gasteiger partial charge in [0.25, 0.3) is 0 Å². The second-order valence-electron chi connectivity index (χ2n) is 9.25. The Labute approximate surface area is 211 Å². The van der Waals surface area contributed by atoms with E-state index in [1.807, 2.05) is 30.3 Å². The Balaban J connectivity index is 1.70. The number of amides is 1. The first-order valence-electron chi connectivity index (χ1n) is 11.4. The number of piperazine rings is 1. The van der Waals surface area contributed by atoms with Gasteiger partial charge in [-0.3, -0.25) is 4.90 Å². The summed E-state index contributed by atoms with van der Waals surface area (Å²) < 4.78 is 11.0. The smallest absolute Gasteiger partial charge is 0.444 e. The summed E-state index contributed by atoms with van der Waals surface area (Å²) in [4.78, 5) is 33.1. The first kappa shape index (κ1) is 26.4. The van der Waals surface area contributed by atoms with Gasteiger partial charge in [0.1, 0.15) is 11.4 Å². The normalized spacial score (nSPS) is 14.1. The lowest BCUT2D eigenvalue weighted by Crippen LogP contribution is -2.46. The van der Waals surface area contributed by atoms with Crippen molar-refractivity contribution in [2.45, 2.75) is 39.5 Å². The molecule has 0 aliphatic carbocycles. The Morgan fingerprint density at radius 1 is 1.09 bits per heavy atom. The Bertz CT molecular complexity index is 1040. The van der Waals surface area contributed by atoms with Crippen molar-refractivity contribution in [2.24, 2.45) is 0 Å². The molecule has 0 radical (unpaired) electrons. The van der Waals surface area contributed by atoms with E-state index < -0.39 is 11.7 Å². The zero-order valence-corrected chi connectivity index (χ0v) is 21.4. The summed E-state index contributed by atoms with van der Waals surface area (Å²) in [6, 6.07) is 13.6. The van der Waals surface area contributed by atoms with Crippen molar-refractivity contribution < 1.29 is 23.9 Å². The van der Waals surface area contributed by atoms with Crippen LogP contribution in [0.5, 0.6) is 5.75 Å². The Kier molecular flexibility index (Phi) is 9.04. The SMILES string of the molecule is COc1ccc(CN(OC=C=O)C(=O)OC(C)(C)C)cc1N1CCN(Cc2ccc(Cl)cc2)CC1. The van der Waals surface area contributed by atoms with Crippen molar-refractivity contribution in [1.82, 2.24) is 9.96 Å². The van der Waals surface area contributed by atoms with E-state index in [1.54, 1.807) is 27.9 Å². The lowest BCUT2D eigenvalue weighted by Gasteiger charge is -2.37. The number of nitrogens with zero attached hydrogens (tertiary/aromatic N) is 3. The van der Waals surface area contributed by atoms with Gasteiger partial charge in [-0.15, -0.1) is 5.06 Å². The van der Waals surface area contributed by atoms with Gasteiger partial charge in [0.2, 0.25) is 6.26 Å². The molecule has 8 nitrogen and oxygen atoms in total. The molecule has 0 saturated carbocycles. The number of hydroxylamine groups is 2. The van der Waals surface area contributed by atoms with Crippen molar-refractivity contribution in [3.8, 4) is 5.75 Å². The number of benzene rings is 2. The van der Waals surface area contributed by atoms with Gasteiger partial charge < -0.3 is 19.2 Å². The van der Waals surface area contributed by atoms with Crippen LogP contribution >= 0.6 is 11.6 Å². The topological polar surface area (TPSA) is 71.5 Å². The third kappa shape index (κ3) is 7.92. The molecule has 1 heterocycles. The molecule has 0 N–H and O–H groups in total. The van der Waals surface area contributed by atoms with E-state index in [4.69, 9.17) is 25.9 Å². The van der Waals surface area contributed by atoms with Gasteiger partial charge in [-0.2, -0.15) is 0 Å². The highest BCUT2D eigenvalue weighted by Crippen LogP contribution is 2.31. The molecule has 0 bridgehead atoms. The minimum atomic E-state index is -0.708. The maximum atomic E-state index is 12.6. The lowest BCUT2D eigenvalue weighted by atomic mass is 10.1. The summed E-state index contributed by atoms with van der Waals surface area (Å²) in [6.45, 7) is 9.68. The van der Waals surface area contributed by atoms with Crippen LogP contribution < -0.4 is 9.64 Å². The molecular weight excluding hydrogens is 470 g/mol. The van der Waals surface area contributed by atoms with Crippen LogP contribution in [0.4, 0.5) is 10.5 Å². The Morgan fingerprint density at radius 3 is 2.34 bits per heavy atom.